The number of benzene rings is 2. The molecule has 5 heteroatoms. The Kier molecular flexibility index (Phi) is 7.61. The Bertz CT molecular complexity index is 800. The monoisotopic (exact) mass is 382 g/mol. The highest BCUT2D eigenvalue weighted by Gasteiger charge is 2.26. The maximum absolute atomic E-state index is 13.0. The van der Waals surface area contributed by atoms with Crippen LogP contribution in [0.1, 0.15) is 43.4 Å². The van der Waals surface area contributed by atoms with Gasteiger partial charge in [0.05, 0.1) is 0 Å². The number of ether oxygens (including phenoxy) is 1. The van der Waals surface area contributed by atoms with Crippen molar-refractivity contribution in [2.45, 2.75) is 46.2 Å². The molecule has 0 fully saturated rings. The molecule has 2 aromatic carbocycles. The van der Waals surface area contributed by atoms with Gasteiger partial charge in [-0.1, -0.05) is 61.9 Å². The predicted molar refractivity (Wildman–Crippen MR) is 111 cm³/mol. The van der Waals surface area contributed by atoms with Gasteiger partial charge in [-0.05, 0) is 37.0 Å². The summed E-state index contributed by atoms with van der Waals surface area (Å²) in [6.07, 6.45) is 0. The van der Waals surface area contributed by atoms with Crippen LogP contribution < -0.4 is 10.1 Å². The Morgan fingerprint density at radius 3 is 2.29 bits per heavy atom. The maximum Gasteiger partial charge on any atom is 0.261 e. The lowest BCUT2D eigenvalue weighted by Gasteiger charge is -2.28. The van der Waals surface area contributed by atoms with Crippen molar-refractivity contribution in [1.82, 2.24) is 10.2 Å². The standard InChI is InChI=1S/C23H30N2O3/c1-16(2)20-8-6-7-9-21(20)28-15-22(26)25(18(4)23(27)24-5)14-19-12-10-17(3)11-13-19/h6-13,16,18H,14-15H2,1-5H3,(H,24,27). The molecule has 0 aromatic heterocycles. The molecule has 2 amide bonds. The van der Waals surface area contributed by atoms with Crippen LogP contribution in [0.25, 0.3) is 0 Å². The smallest absolute Gasteiger partial charge is 0.261 e. The quantitative estimate of drug-likeness (QED) is 0.758. The summed E-state index contributed by atoms with van der Waals surface area (Å²) in [4.78, 5) is 26.7. The number of rotatable bonds is 8. The van der Waals surface area contributed by atoms with E-state index in [0.29, 0.717) is 18.2 Å². The lowest BCUT2D eigenvalue weighted by molar-refractivity contribution is -0.142. The second-order valence-corrected chi connectivity index (χ2v) is 7.28. The van der Waals surface area contributed by atoms with E-state index >= 15 is 0 Å². The fraction of sp³-hybridized carbons (Fsp3) is 0.391. The van der Waals surface area contributed by atoms with E-state index in [4.69, 9.17) is 4.74 Å². The summed E-state index contributed by atoms with van der Waals surface area (Å²) in [7, 11) is 1.57. The van der Waals surface area contributed by atoms with E-state index in [1.165, 1.54) is 0 Å². The third kappa shape index (κ3) is 5.59. The second-order valence-electron chi connectivity index (χ2n) is 7.28. The average Bonchev–Trinajstić information content (AvgIpc) is 2.70. The number of para-hydroxylation sites is 1. The molecule has 1 unspecified atom stereocenters. The van der Waals surface area contributed by atoms with Gasteiger partial charge in [-0.3, -0.25) is 9.59 Å². The van der Waals surface area contributed by atoms with Crippen molar-refractivity contribution in [3.8, 4) is 5.75 Å². The van der Waals surface area contributed by atoms with Gasteiger partial charge in [-0.25, -0.2) is 0 Å². The number of nitrogens with zero attached hydrogens (tertiary/aromatic N) is 1. The van der Waals surface area contributed by atoms with Crippen molar-refractivity contribution in [2.24, 2.45) is 0 Å². The molecule has 1 N–H and O–H groups in total. The minimum atomic E-state index is -0.595. The van der Waals surface area contributed by atoms with Crippen LogP contribution in [0.3, 0.4) is 0 Å². The van der Waals surface area contributed by atoms with Gasteiger partial charge in [0, 0.05) is 13.6 Å². The van der Waals surface area contributed by atoms with E-state index in [2.05, 4.69) is 19.2 Å². The van der Waals surface area contributed by atoms with Crippen LogP contribution in [0.15, 0.2) is 48.5 Å². The van der Waals surface area contributed by atoms with Gasteiger partial charge in [-0.15, -0.1) is 0 Å². The van der Waals surface area contributed by atoms with Crippen LogP contribution >= 0.6 is 0 Å². The first kappa shape index (κ1) is 21.5. The summed E-state index contributed by atoms with van der Waals surface area (Å²) in [6.45, 7) is 8.15. The SMILES string of the molecule is CNC(=O)C(C)N(Cc1ccc(C)cc1)C(=O)COc1ccccc1C(C)C. The van der Waals surface area contributed by atoms with E-state index in [1.807, 2.05) is 55.5 Å². The molecule has 0 aliphatic carbocycles. The first-order valence-corrected chi connectivity index (χ1v) is 9.61. The molecule has 0 radical (unpaired) electrons. The summed E-state index contributed by atoms with van der Waals surface area (Å²) in [6, 6.07) is 15.1. The Morgan fingerprint density at radius 1 is 1.04 bits per heavy atom. The lowest BCUT2D eigenvalue weighted by atomic mass is 10.0. The number of carbonyl (C=O) groups excluding carboxylic acids is 2. The zero-order valence-electron chi connectivity index (χ0n) is 17.4. The minimum absolute atomic E-state index is 0.114. The van der Waals surface area contributed by atoms with Crippen molar-refractivity contribution < 1.29 is 14.3 Å². The summed E-state index contributed by atoms with van der Waals surface area (Å²) in [5.74, 6) is 0.562. The highest BCUT2D eigenvalue weighted by molar-refractivity contribution is 5.87. The number of likely N-dealkylation sites (N-methyl/N-ethyl adjacent to an activating group) is 1. The van der Waals surface area contributed by atoms with Gasteiger partial charge in [-0.2, -0.15) is 0 Å². The molecule has 0 aliphatic heterocycles. The van der Waals surface area contributed by atoms with E-state index in [-0.39, 0.29) is 18.4 Å². The molecule has 0 heterocycles. The highest BCUT2D eigenvalue weighted by atomic mass is 16.5. The van der Waals surface area contributed by atoms with E-state index in [0.717, 1.165) is 16.7 Å². The predicted octanol–water partition coefficient (Wildman–Crippen LogP) is 3.66. The van der Waals surface area contributed by atoms with Crippen molar-refractivity contribution in [3.05, 3.63) is 65.2 Å². The minimum Gasteiger partial charge on any atom is -0.483 e. The van der Waals surface area contributed by atoms with Crippen molar-refractivity contribution in [2.75, 3.05) is 13.7 Å². The van der Waals surface area contributed by atoms with E-state index in [9.17, 15) is 9.59 Å². The Hall–Kier alpha value is -2.82. The molecule has 5 nitrogen and oxygen atoms in total. The second kappa shape index (κ2) is 9.93. The molecule has 0 aliphatic rings. The number of amides is 2. The summed E-state index contributed by atoms with van der Waals surface area (Å²) >= 11 is 0. The average molecular weight is 383 g/mol. The van der Waals surface area contributed by atoms with Crippen LogP contribution in [0.2, 0.25) is 0 Å². The topological polar surface area (TPSA) is 58.6 Å². The first-order valence-electron chi connectivity index (χ1n) is 9.61. The van der Waals surface area contributed by atoms with Crippen LogP contribution in [0, 0.1) is 6.92 Å². The summed E-state index contributed by atoms with van der Waals surface area (Å²) in [5.41, 5.74) is 3.17. The van der Waals surface area contributed by atoms with Gasteiger partial charge < -0.3 is 15.0 Å². The normalized spacial score (nSPS) is 11.8. The number of nitrogens with one attached hydrogen (secondary N) is 1. The molecule has 150 valence electrons. The molecule has 2 rings (SSSR count). The van der Waals surface area contributed by atoms with Crippen molar-refractivity contribution in [1.29, 1.82) is 0 Å². The molecular formula is C23H30N2O3. The molecule has 2 aromatic rings. The van der Waals surface area contributed by atoms with Crippen LogP contribution in [0.5, 0.6) is 5.75 Å². The molecule has 0 bridgehead atoms. The Morgan fingerprint density at radius 2 is 1.68 bits per heavy atom. The molecule has 0 spiro atoms. The Labute approximate surface area is 167 Å². The molecule has 0 saturated heterocycles. The third-order valence-electron chi connectivity index (χ3n) is 4.78. The molecular weight excluding hydrogens is 352 g/mol. The van der Waals surface area contributed by atoms with Gasteiger partial charge in [0.25, 0.3) is 5.91 Å². The molecule has 0 saturated carbocycles. The fourth-order valence-corrected chi connectivity index (χ4v) is 2.99. The number of carbonyl (C=O) groups is 2. The van der Waals surface area contributed by atoms with Gasteiger partial charge >= 0.3 is 0 Å². The lowest BCUT2D eigenvalue weighted by Crippen LogP contribution is -2.48. The van der Waals surface area contributed by atoms with Gasteiger partial charge in [0.2, 0.25) is 5.91 Å². The van der Waals surface area contributed by atoms with Crippen LogP contribution in [-0.4, -0.2) is 36.4 Å². The first-order chi connectivity index (χ1) is 13.3. The van der Waals surface area contributed by atoms with Crippen molar-refractivity contribution >= 4 is 11.8 Å². The highest BCUT2D eigenvalue weighted by Crippen LogP contribution is 2.26. The van der Waals surface area contributed by atoms with Crippen LogP contribution in [0.4, 0.5) is 0 Å². The fourth-order valence-electron chi connectivity index (χ4n) is 2.99. The molecule has 28 heavy (non-hydrogen) atoms. The molecule has 1 atom stereocenters. The number of hydrogen-bond donors (Lipinski definition) is 1. The zero-order valence-corrected chi connectivity index (χ0v) is 17.4. The van der Waals surface area contributed by atoms with Gasteiger partial charge in [0.1, 0.15) is 11.8 Å². The third-order valence-corrected chi connectivity index (χ3v) is 4.78. The van der Waals surface area contributed by atoms with E-state index < -0.39 is 6.04 Å². The van der Waals surface area contributed by atoms with Gasteiger partial charge in [0.15, 0.2) is 6.61 Å². The summed E-state index contributed by atoms with van der Waals surface area (Å²) in [5, 5.41) is 2.62. The Balaban J connectivity index is 2.16. The van der Waals surface area contributed by atoms with Crippen molar-refractivity contribution in [3.63, 3.8) is 0 Å². The summed E-state index contributed by atoms with van der Waals surface area (Å²) < 4.78 is 5.84. The van der Waals surface area contributed by atoms with Crippen LogP contribution in [-0.2, 0) is 16.1 Å². The van der Waals surface area contributed by atoms with E-state index in [1.54, 1.807) is 18.9 Å². The number of hydrogen-bond acceptors (Lipinski definition) is 3. The largest absolute Gasteiger partial charge is 0.483 e. The maximum atomic E-state index is 13.0. The number of aryl methyl sites for hydroxylation is 1. The zero-order chi connectivity index (χ0) is 20.7.